The Kier molecular flexibility index (Phi) is 5.05. The van der Waals surface area contributed by atoms with Crippen molar-refractivity contribution in [2.24, 2.45) is 5.92 Å². The highest BCUT2D eigenvalue weighted by atomic mass is 19.1. The zero-order valence-corrected chi connectivity index (χ0v) is 13.1. The molecular weight excluding hydrogens is 315 g/mol. The molecule has 1 aliphatic rings. The van der Waals surface area contributed by atoms with Gasteiger partial charge in [-0.2, -0.15) is 15.4 Å². The molecule has 0 radical (unpaired) electrons. The number of ether oxygens (including phenoxy) is 1. The number of nitrogens with zero attached hydrogens (tertiary/aromatic N) is 3. The normalized spacial score (nSPS) is 21.0. The Hall–Kier alpha value is -2.48. The zero-order valence-electron chi connectivity index (χ0n) is 13.1. The average Bonchev–Trinajstić information content (AvgIpc) is 3.18. The van der Waals surface area contributed by atoms with Crippen LogP contribution in [-0.4, -0.2) is 57.6 Å². The molecule has 0 amide bonds. The minimum atomic E-state index is -0.807. The number of aromatic nitrogens is 3. The molecule has 3 rings (SSSR count). The number of benzene rings is 1. The van der Waals surface area contributed by atoms with Gasteiger partial charge in [0.1, 0.15) is 18.2 Å². The number of H-pyrrole nitrogens is 1. The van der Waals surface area contributed by atoms with Crippen molar-refractivity contribution in [1.82, 2.24) is 20.3 Å². The van der Waals surface area contributed by atoms with Crippen LogP contribution < -0.4 is 4.74 Å². The number of aliphatic carboxylic acids is 1. The van der Waals surface area contributed by atoms with E-state index in [1.54, 1.807) is 18.3 Å². The van der Waals surface area contributed by atoms with Crippen LogP contribution in [0.1, 0.15) is 18.0 Å². The molecule has 1 aromatic heterocycles. The standard InChI is InChI=1S/C16H19FN4O3/c17-12-1-3-13(4-2-12)24-6-5-21-9-11(7-16(22)23)14(10-21)15-8-18-20-19-15/h1-4,8,11,14H,5-7,9-10H2,(H,22,23)(H,18,19,20). The monoisotopic (exact) mass is 334 g/mol. The van der Waals surface area contributed by atoms with Crippen molar-refractivity contribution >= 4 is 5.97 Å². The van der Waals surface area contributed by atoms with E-state index in [1.807, 2.05) is 0 Å². The summed E-state index contributed by atoms with van der Waals surface area (Å²) in [6.45, 7) is 2.52. The SMILES string of the molecule is O=C(O)CC1CN(CCOc2ccc(F)cc2)CC1c1cn[nH]n1. The van der Waals surface area contributed by atoms with Gasteiger partial charge in [-0.15, -0.1) is 0 Å². The highest BCUT2D eigenvalue weighted by molar-refractivity contribution is 5.67. The number of hydrogen-bond acceptors (Lipinski definition) is 5. The summed E-state index contributed by atoms with van der Waals surface area (Å²) in [4.78, 5) is 13.2. The Labute approximate surface area is 138 Å². The lowest BCUT2D eigenvalue weighted by atomic mass is 9.91. The van der Waals surface area contributed by atoms with E-state index >= 15 is 0 Å². The minimum Gasteiger partial charge on any atom is -0.492 e. The quantitative estimate of drug-likeness (QED) is 0.797. The molecule has 1 fully saturated rings. The van der Waals surface area contributed by atoms with E-state index in [4.69, 9.17) is 9.84 Å². The van der Waals surface area contributed by atoms with Gasteiger partial charge < -0.3 is 9.84 Å². The van der Waals surface area contributed by atoms with E-state index < -0.39 is 5.97 Å². The molecular formula is C16H19FN4O3. The molecule has 2 heterocycles. The molecule has 2 aromatic rings. The van der Waals surface area contributed by atoms with Gasteiger partial charge in [-0.25, -0.2) is 4.39 Å². The molecule has 8 heteroatoms. The number of hydrogen-bond donors (Lipinski definition) is 2. The van der Waals surface area contributed by atoms with Gasteiger partial charge in [0.15, 0.2) is 0 Å². The molecule has 0 bridgehead atoms. The topological polar surface area (TPSA) is 91.3 Å². The fourth-order valence-corrected chi connectivity index (χ4v) is 3.12. The van der Waals surface area contributed by atoms with Gasteiger partial charge in [-0.3, -0.25) is 9.69 Å². The summed E-state index contributed by atoms with van der Waals surface area (Å²) >= 11 is 0. The second-order valence-corrected chi connectivity index (χ2v) is 5.92. The largest absolute Gasteiger partial charge is 0.492 e. The predicted molar refractivity (Wildman–Crippen MR) is 83.2 cm³/mol. The van der Waals surface area contributed by atoms with Crippen molar-refractivity contribution in [3.8, 4) is 5.75 Å². The highest BCUT2D eigenvalue weighted by Crippen LogP contribution is 2.33. The number of carboxylic acid groups (broad SMARTS) is 1. The van der Waals surface area contributed by atoms with Crippen LogP contribution in [0, 0.1) is 11.7 Å². The van der Waals surface area contributed by atoms with E-state index in [1.165, 1.54) is 12.1 Å². The number of likely N-dealkylation sites (tertiary alicyclic amines) is 1. The summed E-state index contributed by atoms with van der Waals surface area (Å²) in [6, 6.07) is 5.89. The predicted octanol–water partition coefficient (Wildman–Crippen LogP) is 1.51. The number of aromatic amines is 1. The number of nitrogens with one attached hydrogen (secondary N) is 1. The maximum Gasteiger partial charge on any atom is 0.303 e. The van der Waals surface area contributed by atoms with E-state index in [0.717, 1.165) is 12.2 Å². The van der Waals surface area contributed by atoms with Crippen molar-refractivity contribution in [3.05, 3.63) is 42.0 Å². The number of carboxylic acids is 1. The molecule has 1 saturated heterocycles. The Morgan fingerprint density at radius 1 is 1.38 bits per heavy atom. The van der Waals surface area contributed by atoms with Crippen LogP contribution in [0.5, 0.6) is 5.75 Å². The van der Waals surface area contributed by atoms with Crippen LogP contribution in [0.4, 0.5) is 4.39 Å². The lowest BCUT2D eigenvalue weighted by molar-refractivity contribution is -0.138. The first kappa shape index (κ1) is 16.4. The summed E-state index contributed by atoms with van der Waals surface area (Å²) in [5.41, 5.74) is 0.795. The molecule has 128 valence electrons. The first-order valence-corrected chi connectivity index (χ1v) is 7.80. The maximum atomic E-state index is 12.9. The lowest BCUT2D eigenvalue weighted by Gasteiger charge is -2.16. The van der Waals surface area contributed by atoms with Crippen LogP contribution >= 0.6 is 0 Å². The van der Waals surface area contributed by atoms with Gasteiger partial charge in [-0.05, 0) is 30.2 Å². The molecule has 2 atom stereocenters. The Bertz CT molecular complexity index is 662. The van der Waals surface area contributed by atoms with Gasteiger partial charge in [0.2, 0.25) is 0 Å². The Morgan fingerprint density at radius 2 is 2.17 bits per heavy atom. The smallest absolute Gasteiger partial charge is 0.303 e. The van der Waals surface area contributed by atoms with E-state index in [-0.39, 0.29) is 24.1 Å². The van der Waals surface area contributed by atoms with Gasteiger partial charge in [0.05, 0.1) is 18.3 Å². The third-order valence-corrected chi connectivity index (χ3v) is 4.26. The van der Waals surface area contributed by atoms with Gasteiger partial charge in [0, 0.05) is 25.6 Å². The Morgan fingerprint density at radius 3 is 2.83 bits per heavy atom. The summed E-state index contributed by atoms with van der Waals surface area (Å²) in [5, 5.41) is 19.6. The second kappa shape index (κ2) is 7.39. The molecule has 0 spiro atoms. The average molecular weight is 334 g/mol. The number of carbonyl (C=O) groups is 1. The van der Waals surface area contributed by atoms with Gasteiger partial charge in [-0.1, -0.05) is 0 Å². The van der Waals surface area contributed by atoms with Crippen LogP contribution in [0.15, 0.2) is 30.5 Å². The second-order valence-electron chi connectivity index (χ2n) is 5.92. The van der Waals surface area contributed by atoms with Crippen LogP contribution in [0.25, 0.3) is 0 Å². The third-order valence-electron chi connectivity index (χ3n) is 4.26. The van der Waals surface area contributed by atoms with Crippen LogP contribution in [0.2, 0.25) is 0 Å². The molecule has 1 aliphatic heterocycles. The summed E-state index contributed by atoms with van der Waals surface area (Å²) < 4.78 is 18.5. The van der Waals surface area contributed by atoms with Gasteiger partial charge in [0.25, 0.3) is 0 Å². The zero-order chi connectivity index (χ0) is 16.9. The summed E-state index contributed by atoms with van der Waals surface area (Å²) in [5.74, 6) is -0.443. The number of halogens is 1. The van der Waals surface area contributed by atoms with Gasteiger partial charge >= 0.3 is 5.97 Å². The first-order chi connectivity index (χ1) is 11.6. The van der Waals surface area contributed by atoms with E-state index in [9.17, 15) is 9.18 Å². The summed E-state index contributed by atoms with van der Waals surface area (Å²) in [6.07, 6.45) is 1.75. The van der Waals surface area contributed by atoms with E-state index in [0.29, 0.717) is 25.4 Å². The lowest BCUT2D eigenvalue weighted by Crippen LogP contribution is -2.26. The minimum absolute atomic E-state index is 0.00146. The molecule has 2 unspecified atom stereocenters. The summed E-state index contributed by atoms with van der Waals surface area (Å²) in [7, 11) is 0. The van der Waals surface area contributed by atoms with Crippen molar-refractivity contribution in [2.75, 3.05) is 26.2 Å². The fraction of sp³-hybridized carbons (Fsp3) is 0.438. The third kappa shape index (κ3) is 4.08. The molecule has 24 heavy (non-hydrogen) atoms. The van der Waals surface area contributed by atoms with Crippen molar-refractivity contribution in [2.45, 2.75) is 12.3 Å². The molecule has 7 nitrogen and oxygen atoms in total. The highest BCUT2D eigenvalue weighted by Gasteiger charge is 2.36. The molecule has 1 aromatic carbocycles. The van der Waals surface area contributed by atoms with Crippen LogP contribution in [0.3, 0.4) is 0 Å². The molecule has 0 saturated carbocycles. The number of rotatable bonds is 7. The Balaban J connectivity index is 1.54. The molecule has 0 aliphatic carbocycles. The molecule has 2 N–H and O–H groups in total. The fourth-order valence-electron chi connectivity index (χ4n) is 3.12. The van der Waals surface area contributed by atoms with Crippen molar-refractivity contribution in [1.29, 1.82) is 0 Å². The van der Waals surface area contributed by atoms with Crippen molar-refractivity contribution in [3.63, 3.8) is 0 Å². The van der Waals surface area contributed by atoms with Crippen molar-refractivity contribution < 1.29 is 19.0 Å². The van der Waals surface area contributed by atoms with E-state index in [2.05, 4.69) is 20.3 Å². The van der Waals surface area contributed by atoms with Crippen LogP contribution in [-0.2, 0) is 4.79 Å². The first-order valence-electron chi connectivity index (χ1n) is 7.80. The maximum absolute atomic E-state index is 12.9.